The first kappa shape index (κ1) is 13.0. The Morgan fingerprint density at radius 3 is 2.44 bits per heavy atom. The van der Waals surface area contributed by atoms with E-state index < -0.39 is 22.9 Å². The van der Waals surface area contributed by atoms with Crippen molar-refractivity contribution in [1.82, 2.24) is 9.55 Å². The van der Waals surface area contributed by atoms with Crippen molar-refractivity contribution >= 4 is 27.5 Å². The van der Waals surface area contributed by atoms with Crippen molar-refractivity contribution in [1.29, 1.82) is 0 Å². The van der Waals surface area contributed by atoms with Crippen molar-refractivity contribution in [2.24, 2.45) is 0 Å². The SMILES string of the molecule is O=c1cc(Cl)[nH]c(=O)n1-c1c(F)cc(F)cc1Br. The molecule has 8 heteroatoms. The van der Waals surface area contributed by atoms with Gasteiger partial charge in [-0.1, -0.05) is 11.6 Å². The Morgan fingerprint density at radius 1 is 1.22 bits per heavy atom. The molecule has 0 aliphatic rings. The van der Waals surface area contributed by atoms with Crippen LogP contribution in [0.2, 0.25) is 5.15 Å². The molecule has 1 aromatic heterocycles. The summed E-state index contributed by atoms with van der Waals surface area (Å²) < 4.78 is 27.0. The van der Waals surface area contributed by atoms with Gasteiger partial charge in [0.25, 0.3) is 5.56 Å². The average Bonchev–Trinajstić information content (AvgIpc) is 2.20. The monoisotopic (exact) mass is 336 g/mol. The second-order valence-electron chi connectivity index (χ2n) is 3.31. The summed E-state index contributed by atoms with van der Waals surface area (Å²) in [4.78, 5) is 25.4. The van der Waals surface area contributed by atoms with E-state index in [2.05, 4.69) is 20.9 Å². The third-order valence-electron chi connectivity index (χ3n) is 2.11. The van der Waals surface area contributed by atoms with Crippen LogP contribution in [0.1, 0.15) is 0 Å². The van der Waals surface area contributed by atoms with Gasteiger partial charge in [0.05, 0.1) is 0 Å². The lowest BCUT2D eigenvalue weighted by Crippen LogP contribution is -2.33. The molecule has 0 radical (unpaired) electrons. The summed E-state index contributed by atoms with van der Waals surface area (Å²) in [5.74, 6) is -1.88. The molecule has 1 aromatic carbocycles. The normalized spacial score (nSPS) is 10.7. The number of H-pyrrole nitrogens is 1. The molecule has 1 N–H and O–H groups in total. The molecule has 0 aliphatic heterocycles. The Labute approximate surface area is 112 Å². The van der Waals surface area contributed by atoms with Gasteiger partial charge in [0.15, 0.2) is 5.82 Å². The molecule has 0 fully saturated rings. The molecule has 2 rings (SSSR count). The Balaban J connectivity index is 2.87. The molecule has 4 nitrogen and oxygen atoms in total. The largest absolute Gasteiger partial charge is 0.334 e. The fourth-order valence-electron chi connectivity index (χ4n) is 1.43. The van der Waals surface area contributed by atoms with Crippen molar-refractivity contribution < 1.29 is 8.78 Å². The van der Waals surface area contributed by atoms with Gasteiger partial charge < -0.3 is 0 Å². The molecule has 94 valence electrons. The summed E-state index contributed by atoms with van der Waals surface area (Å²) in [6.45, 7) is 0. The van der Waals surface area contributed by atoms with Gasteiger partial charge in [0, 0.05) is 16.6 Å². The fraction of sp³-hybridized carbons (Fsp3) is 0. The maximum Gasteiger partial charge on any atom is 0.334 e. The molecular weight excluding hydrogens is 333 g/mol. The molecule has 1 heterocycles. The van der Waals surface area contributed by atoms with Gasteiger partial charge >= 0.3 is 5.69 Å². The zero-order chi connectivity index (χ0) is 13.4. The van der Waals surface area contributed by atoms with Crippen molar-refractivity contribution in [3.05, 3.63) is 60.3 Å². The number of nitrogens with one attached hydrogen (secondary N) is 1. The van der Waals surface area contributed by atoms with Crippen molar-refractivity contribution in [3.8, 4) is 5.69 Å². The summed E-state index contributed by atoms with van der Waals surface area (Å²) >= 11 is 8.38. The quantitative estimate of drug-likeness (QED) is 0.811. The molecule has 0 unspecified atom stereocenters. The maximum atomic E-state index is 13.6. The summed E-state index contributed by atoms with van der Waals surface area (Å²) in [6, 6.07) is 2.43. The Morgan fingerprint density at radius 2 is 1.89 bits per heavy atom. The maximum absolute atomic E-state index is 13.6. The summed E-state index contributed by atoms with van der Waals surface area (Å²) in [7, 11) is 0. The zero-order valence-corrected chi connectivity index (χ0v) is 10.8. The van der Waals surface area contributed by atoms with Crippen LogP contribution in [0.3, 0.4) is 0 Å². The lowest BCUT2D eigenvalue weighted by Gasteiger charge is -2.08. The molecule has 0 saturated heterocycles. The van der Waals surface area contributed by atoms with E-state index in [9.17, 15) is 18.4 Å². The third kappa shape index (κ3) is 2.23. The van der Waals surface area contributed by atoms with E-state index in [0.29, 0.717) is 10.6 Å². The highest BCUT2D eigenvalue weighted by atomic mass is 79.9. The van der Waals surface area contributed by atoms with E-state index in [0.717, 1.165) is 12.1 Å². The van der Waals surface area contributed by atoms with E-state index >= 15 is 0 Å². The highest BCUT2D eigenvalue weighted by molar-refractivity contribution is 9.10. The summed E-state index contributed by atoms with van der Waals surface area (Å²) in [5, 5.41) is -0.167. The topological polar surface area (TPSA) is 54.9 Å². The summed E-state index contributed by atoms with van der Waals surface area (Å²) in [6.07, 6.45) is 0. The number of rotatable bonds is 1. The molecule has 0 saturated carbocycles. The predicted molar refractivity (Wildman–Crippen MR) is 65.3 cm³/mol. The molecule has 0 bridgehead atoms. The first-order valence-corrected chi connectivity index (χ1v) is 5.74. The van der Waals surface area contributed by atoms with E-state index in [1.807, 2.05) is 0 Å². The Kier molecular flexibility index (Phi) is 3.36. The molecular formula is C10H4BrClF2N2O2. The highest BCUT2D eigenvalue weighted by Crippen LogP contribution is 2.23. The van der Waals surface area contributed by atoms with Crippen LogP contribution in [0, 0.1) is 11.6 Å². The van der Waals surface area contributed by atoms with Crippen LogP contribution < -0.4 is 11.2 Å². The van der Waals surface area contributed by atoms with Crippen LogP contribution in [0.25, 0.3) is 5.69 Å². The van der Waals surface area contributed by atoms with Crippen molar-refractivity contribution in [2.45, 2.75) is 0 Å². The smallest absolute Gasteiger partial charge is 0.297 e. The molecule has 0 spiro atoms. The number of aromatic amines is 1. The van der Waals surface area contributed by atoms with Crippen LogP contribution in [-0.4, -0.2) is 9.55 Å². The Hall–Kier alpha value is -1.47. The number of hydrogen-bond acceptors (Lipinski definition) is 2. The molecule has 0 atom stereocenters. The number of aromatic nitrogens is 2. The summed E-state index contributed by atoms with van der Waals surface area (Å²) in [5.41, 5.74) is -2.12. The van der Waals surface area contributed by atoms with Gasteiger partial charge in [-0.2, -0.15) is 0 Å². The molecule has 0 amide bonds. The van der Waals surface area contributed by atoms with Crippen molar-refractivity contribution in [3.63, 3.8) is 0 Å². The van der Waals surface area contributed by atoms with Crippen LogP contribution >= 0.6 is 27.5 Å². The van der Waals surface area contributed by atoms with Crippen LogP contribution in [0.15, 0.2) is 32.3 Å². The number of benzene rings is 1. The van der Waals surface area contributed by atoms with Gasteiger partial charge in [0.2, 0.25) is 0 Å². The second-order valence-corrected chi connectivity index (χ2v) is 4.58. The third-order valence-corrected chi connectivity index (χ3v) is 2.91. The van der Waals surface area contributed by atoms with Gasteiger partial charge in [-0.3, -0.25) is 9.78 Å². The second kappa shape index (κ2) is 4.66. The van der Waals surface area contributed by atoms with Gasteiger partial charge in [-0.15, -0.1) is 0 Å². The minimum atomic E-state index is -1.04. The van der Waals surface area contributed by atoms with Gasteiger partial charge in [0.1, 0.15) is 16.7 Å². The van der Waals surface area contributed by atoms with E-state index in [-0.39, 0.29) is 15.3 Å². The van der Waals surface area contributed by atoms with E-state index in [1.54, 1.807) is 0 Å². The van der Waals surface area contributed by atoms with Crippen LogP contribution in [0.5, 0.6) is 0 Å². The predicted octanol–water partition coefficient (Wildman–Crippen LogP) is 2.22. The zero-order valence-electron chi connectivity index (χ0n) is 8.51. The highest BCUT2D eigenvalue weighted by Gasteiger charge is 2.15. The fourth-order valence-corrected chi connectivity index (χ4v) is 2.19. The molecule has 0 aliphatic carbocycles. The number of halogens is 4. The lowest BCUT2D eigenvalue weighted by atomic mass is 10.3. The van der Waals surface area contributed by atoms with E-state index in [1.165, 1.54) is 0 Å². The van der Waals surface area contributed by atoms with Gasteiger partial charge in [-0.05, 0) is 22.0 Å². The van der Waals surface area contributed by atoms with Crippen LogP contribution in [-0.2, 0) is 0 Å². The first-order valence-electron chi connectivity index (χ1n) is 4.57. The lowest BCUT2D eigenvalue weighted by molar-refractivity contribution is 0.572. The van der Waals surface area contributed by atoms with Crippen molar-refractivity contribution in [2.75, 3.05) is 0 Å². The minimum absolute atomic E-state index is 0.0603. The average molecular weight is 338 g/mol. The molecule has 18 heavy (non-hydrogen) atoms. The van der Waals surface area contributed by atoms with Gasteiger partial charge in [-0.25, -0.2) is 18.1 Å². The molecule has 2 aromatic rings. The minimum Gasteiger partial charge on any atom is -0.297 e. The number of hydrogen-bond donors (Lipinski definition) is 1. The van der Waals surface area contributed by atoms with E-state index in [4.69, 9.17) is 11.6 Å². The Bertz CT molecular complexity index is 687. The number of nitrogens with zero attached hydrogens (tertiary/aromatic N) is 1. The standard InChI is InChI=1S/C10H4BrClF2N2O2/c11-5-1-4(13)2-6(14)9(5)16-8(17)3-7(12)15-10(16)18/h1-3H,(H,15,18). The van der Waals surface area contributed by atoms with Crippen LogP contribution in [0.4, 0.5) is 8.78 Å². The first-order chi connectivity index (χ1) is 8.40.